The molecule has 0 spiro atoms. The SMILES string of the molecule is Cl.O=c1oc2cccc(OCC(O)CN3CCOCC3)c2c2c1CCCC2. The van der Waals surface area contributed by atoms with Crippen LogP contribution in [0.5, 0.6) is 5.75 Å². The molecule has 2 heterocycles. The molecule has 1 unspecified atom stereocenters. The smallest absolute Gasteiger partial charge is 0.339 e. The van der Waals surface area contributed by atoms with E-state index in [0.29, 0.717) is 31.1 Å². The van der Waals surface area contributed by atoms with Crippen LogP contribution >= 0.6 is 12.4 Å². The van der Waals surface area contributed by atoms with E-state index >= 15 is 0 Å². The van der Waals surface area contributed by atoms with Gasteiger partial charge in [0.15, 0.2) is 0 Å². The fourth-order valence-electron chi connectivity index (χ4n) is 3.90. The van der Waals surface area contributed by atoms with Gasteiger partial charge in [-0.25, -0.2) is 4.79 Å². The second-order valence-electron chi connectivity index (χ2n) is 7.06. The van der Waals surface area contributed by atoms with Crippen LogP contribution < -0.4 is 10.4 Å². The highest BCUT2D eigenvalue weighted by molar-refractivity contribution is 5.88. The Morgan fingerprint density at radius 3 is 2.67 bits per heavy atom. The Labute approximate surface area is 164 Å². The molecular weight excluding hydrogens is 370 g/mol. The number of β-amino-alcohol motifs (C(OH)–C–C–N with tert-alkyl or cyclic N) is 1. The van der Waals surface area contributed by atoms with Crippen LogP contribution in [0.25, 0.3) is 11.0 Å². The number of morpholine rings is 1. The van der Waals surface area contributed by atoms with E-state index < -0.39 is 6.10 Å². The summed E-state index contributed by atoms with van der Waals surface area (Å²) in [6, 6.07) is 5.52. The third kappa shape index (κ3) is 4.46. The van der Waals surface area contributed by atoms with E-state index in [0.717, 1.165) is 55.3 Å². The zero-order chi connectivity index (χ0) is 17.9. The number of aryl methyl sites for hydroxylation is 1. The third-order valence-corrected chi connectivity index (χ3v) is 5.21. The van der Waals surface area contributed by atoms with Gasteiger partial charge in [0, 0.05) is 25.2 Å². The van der Waals surface area contributed by atoms with E-state index in [4.69, 9.17) is 13.9 Å². The van der Waals surface area contributed by atoms with Crippen molar-refractivity contribution >= 4 is 23.4 Å². The highest BCUT2D eigenvalue weighted by atomic mass is 35.5. The largest absolute Gasteiger partial charge is 0.490 e. The maximum atomic E-state index is 12.2. The number of halogens is 1. The van der Waals surface area contributed by atoms with Crippen LogP contribution in [0.2, 0.25) is 0 Å². The molecule has 1 aliphatic heterocycles. The summed E-state index contributed by atoms with van der Waals surface area (Å²) < 4.78 is 16.8. The van der Waals surface area contributed by atoms with Crippen molar-refractivity contribution in [3.05, 3.63) is 39.7 Å². The van der Waals surface area contributed by atoms with Gasteiger partial charge in [0.1, 0.15) is 24.0 Å². The van der Waals surface area contributed by atoms with Crippen molar-refractivity contribution in [3.63, 3.8) is 0 Å². The number of fused-ring (bicyclic) bond motifs is 3. The van der Waals surface area contributed by atoms with Gasteiger partial charge in [0.05, 0.1) is 18.6 Å². The number of hydrogen-bond acceptors (Lipinski definition) is 6. The number of benzene rings is 1. The molecule has 1 saturated heterocycles. The molecule has 148 valence electrons. The van der Waals surface area contributed by atoms with Crippen molar-refractivity contribution in [3.8, 4) is 5.75 Å². The van der Waals surface area contributed by atoms with Crippen molar-refractivity contribution in [1.29, 1.82) is 0 Å². The molecule has 2 aliphatic rings. The Morgan fingerprint density at radius 2 is 1.89 bits per heavy atom. The summed E-state index contributed by atoms with van der Waals surface area (Å²) in [5.41, 5.74) is 2.18. The van der Waals surface area contributed by atoms with E-state index in [2.05, 4.69) is 4.90 Å². The van der Waals surface area contributed by atoms with Gasteiger partial charge in [-0.1, -0.05) is 6.07 Å². The van der Waals surface area contributed by atoms with Crippen molar-refractivity contribution in [1.82, 2.24) is 4.90 Å². The maximum absolute atomic E-state index is 12.2. The molecule has 6 nitrogen and oxygen atoms in total. The minimum atomic E-state index is -0.574. The van der Waals surface area contributed by atoms with Gasteiger partial charge in [-0.2, -0.15) is 0 Å². The summed E-state index contributed by atoms with van der Waals surface area (Å²) in [5.74, 6) is 0.686. The summed E-state index contributed by atoms with van der Waals surface area (Å²) in [5, 5.41) is 11.2. The van der Waals surface area contributed by atoms with E-state index in [9.17, 15) is 9.90 Å². The van der Waals surface area contributed by atoms with Crippen molar-refractivity contribution < 1.29 is 19.0 Å². The van der Waals surface area contributed by atoms with Crippen LogP contribution in [0.15, 0.2) is 27.4 Å². The van der Waals surface area contributed by atoms with Crippen LogP contribution in [-0.4, -0.2) is 55.6 Å². The quantitative estimate of drug-likeness (QED) is 0.782. The number of aliphatic hydroxyl groups is 1. The van der Waals surface area contributed by atoms with Gasteiger partial charge < -0.3 is 19.0 Å². The highest BCUT2D eigenvalue weighted by Gasteiger charge is 2.21. The first-order valence-corrected chi connectivity index (χ1v) is 9.41. The highest BCUT2D eigenvalue weighted by Crippen LogP contribution is 2.33. The van der Waals surface area contributed by atoms with Crippen LogP contribution in [0.4, 0.5) is 0 Å². The van der Waals surface area contributed by atoms with Gasteiger partial charge in [0.25, 0.3) is 0 Å². The van der Waals surface area contributed by atoms with Gasteiger partial charge in [-0.05, 0) is 43.4 Å². The fourth-order valence-corrected chi connectivity index (χ4v) is 3.90. The molecule has 4 rings (SSSR count). The molecule has 2 aromatic rings. The lowest BCUT2D eigenvalue weighted by molar-refractivity contribution is 0.00478. The molecule has 0 radical (unpaired) electrons. The number of ether oxygens (including phenoxy) is 2. The monoisotopic (exact) mass is 395 g/mol. The number of hydrogen-bond donors (Lipinski definition) is 1. The first-order valence-electron chi connectivity index (χ1n) is 9.41. The first-order chi connectivity index (χ1) is 12.7. The summed E-state index contributed by atoms with van der Waals surface area (Å²) >= 11 is 0. The topological polar surface area (TPSA) is 72.1 Å². The molecule has 1 aromatic heterocycles. The average molecular weight is 396 g/mol. The molecule has 1 N–H and O–H groups in total. The number of aliphatic hydroxyl groups excluding tert-OH is 1. The van der Waals surface area contributed by atoms with Gasteiger partial charge in [0.2, 0.25) is 0 Å². The summed E-state index contributed by atoms with van der Waals surface area (Å²) in [6.07, 6.45) is 3.15. The van der Waals surface area contributed by atoms with Crippen molar-refractivity contribution in [2.24, 2.45) is 0 Å². The maximum Gasteiger partial charge on any atom is 0.339 e. The zero-order valence-corrected chi connectivity index (χ0v) is 16.1. The van der Waals surface area contributed by atoms with Crippen LogP contribution in [0, 0.1) is 0 Å². The normalized spacial score (nSPS) is 18.6. The lowest BCUT2D eigenvalue weighted by atomic mass is 9.90. The van der Waals surface area contributed by atoms with E-state index in [-0.39, 0.29) is 24.6 Å². The van der Waals surface area contributed by atoms with Crippen LogP contribution in [0.1, 0.15) is 24.0 Å². The molecule has 0 bridgehead atoms. The zero-order valence-electron chi connectivity index (χ0n) is 15.3. The molecular formula is C20H26ClNO5. The summed E-state index contributed by atoms with van der Waals surface area (Å²) in [7, 11) is 0. The molecule has 27 heavy (non-hydrogen) atoms. The summed E-state index contributed by atoms with van der Waals surface area (Å²) in [6.45, 7) is 3.88. The number of nitrogens with zero attached hydrogens (tertiary/aromatic N) is 1. The Morgan fingerprint density at radius 1 is 1.15 bits per heavy atom. The van der Waals surface area contributed by atoms with Gasteiger partial charge >= 0.3 is 5.63 Å². The predicted molar refractivity (Wildman–Crippen MR) is 105 cm³/mol. The predicted octanol–water partition coefficient (Wildman–Crippen LogP) is 2.17. The first kappa shape index (κ1) is 20.1. The Hall–Kier alpha value is -1.60. The van der Waals surface area contributed by atoms with E-state index in [1.54, 1.807) is 0 Å². The molecule has 1 atom stereocenters. The van der Waals surface area contributed by atoms with Crippen LogP contribution in [0.3, 0.4) is 0 Å². The average Bonchev–Trinajstić information content (AvgIpc) is 2.67. The standard InChI is InChI=1S/C20H25NO5.ClH/c22-14(12-21-8-10-24-11-9-21)13-25-17-6-3-7-18-19(17)15-4-1-2-5-16(15)20(23)26-18;/h3,6-7,14,22H,1-2,4-5,8-13H2;1H. The Bertz CT molecular complexity index is 831. The molecule has 1 aliphatic carbocycles. The number of rotatable bonds is 5. The lowest BCUT2D eigenvalue weighted by Gasteiger charge is -2.28. The molecule has 0 amide bonds. The minimum Gasteiger partial charge on any atom is -0.490 e. The van der Waals surface area contributed by atoms with Gasteiger partial charge in [-0.3, -0.25) is 4.90 Å². The lowest BCUT2D eigenvalue weighted by Crippen LogP contribution is -2.42. The van der Waals surface area contributed by atoms with Gasteiger partial charge in [-0.15, -0.1) is 12.4 Å². The van der Waals surface area contributed by atoms with Crippen molar-refractivity contribution in [2.75, 3.05) is 39.5 Å². The molecule has 1 aromatic carbocycles. The minimum absolute atomic E-state index is 0. The van der Waals surface area contributed by atoms with E-state index in [1.165, 1.54) is 0 Å². The summed E-state index contributed by atoms with van der Waals surface area (Å²) in [4.78, 5) is 14.4. The second-order valence-corrected chi connectivity index (χ2v) is 7.06. The Balaban J connectivity index is 0.00000210. The second kappa shape index (κ2) is 9.06. The Kier molecular flexibility index (Phi) is 6.76. The van der Waals surface area contributed by atoms with E-state index in [1.807, 2.05) is 18.2 Å². The molecule has 1 fully saturated rings. The van der Waals surface area contributed by atoms with Crippen molar-refractivity contribution in [2.45, 2.75) is 31.8 Å². The molecule has 7 heteroatoms. The molecule has 0 saturated carbocycles. The van der Waals surface area contributed by atoms with Crippen LogP contribution in [-0.2, 0) is 17.6 Å². The fraction of sp³-hybridized carbons (Fsp3) is 0.550. The third-order valence-electron chi connectivity index (χ3n) is 5.21.